The van der Waals surface area contributed by atoms with Crippen molar-refractivity contribution in [3.63, 3.8) is 0 Å². The Kier molecular flexibility index (Phi) is 4.71. The molecule has 2 heterocycles. The topological polar surface area (TPSA) is 80.9 Å². The van der Waals surface area contributed by atoms with Gasteiger partial charge in [-0.25, -0.2) is 0 Å². The van der Waals surface area contributed by atoms with Crippen LogP contribution in [0, 0.1) is 5.92 Å². The molecule has 0 amide bonds. The molecular weight excluding hydrogens is 308 g/mol. The summed E-state index contributed by atoms with van der Waals surface area (Å²) in [5.41, 5.74) is -0.0519. The van der Waals surface area contributed by atoms with E-state index in [0.717, 1.165) is 0 Å². The van der Waals surface area contributed by atoms with Crippen LogP contribution >= 0.6 is 11.6 Å². The molecule has 0 fully saturated rings. The zero-order chi connectivity index (χ0) is 16.4. The second-order valence-corrected chi connectivity index (χ2v) is 5.80. The van der Waals surface area contributed by atoms with Crippen LogP contribution < -0.4 is 5.56 Å². The molecule has 0 spiro atoms. The fourth-order valence-corrected chi connectivity index (χ4v) is 2.53. The Labute approximate surface area is 132 Å². The van der Waals surface area contributed by atoms with E-state index >= 15 is 0 Å². The molecule has 2 rings (SSSR count). The van der Waals surface area contributed by atoms with E-state index in [2.05, 4.69) is 9.72 Å². The average Bonchev–Trinajstić information content (AvgIpc) is 2.46. The lowest BCUT2D eigenvalue weighted by atomic mass is 9.86. The number of aromatic hydroxyl groups is 1. The molecule has 22 heavy (non-hydrogen) atoms. The summed E-state index contributed by atoms with van der Waals surface area (Å²) in [6.07, 6.45) is 1.43. The molecule has 0 aromatic carbocycles. The molecule has 2 aromatic heterocycles. The van der Waals surface area contributed by atoms with Crippen LogP contribution in [0.25, 0.3) is 5.65 Å². The first-order valence-electron chi connectivity index (χ1n) is 6.82. The first-order valence-corrected chi connectivity index (χ1v) is 7.20. The van der Waals surface area contributed by atoms with Crippen LogP contribution in [0.15, 0.2) is 23.1 Å². The summed E-state index contributed by atoms with van der Waals surface area (Å²) in [6.45, 7) is 3.72. The Morgan fingerprint density at radius 2 is 2.14 bits per heavy atom. The number of pyridine rings is 1. The van der Waals surface area contributed by atoms with Crippen LogP contribution in [0.3, 0.4) is 0 Å². The minimum atomic E-state index is -0.497. The lowest BCUT2D eigenvalue weighted by Gasteiger charge is -2.20. The average molecular weight is 325 g/mol. The summed E-state index contributed by atoms with van der Waals surface area (Å²) in [6, 6.07) is 3.12. The number of methoxy groups -OCH3 is 1. The fraction of sp³-hybridized carbons (Fsp3) is 0.400. The van der Waals surface area contributed by atoms with Gasteiger partial charge in [0, 0.05) is 12.1 Å². The number of aromatic nitrogens is 2. The zero-order valence-corrected chi connectivity index (χ0v) is 13.3. The van der Waals surface area contributed by atoms with Gasteiger partial charge < -0.3 is 9.84 Å². The van der Waals surface area contributed by atoms with E-state index in [9.17, 15) is 14.7 Å². The van der Waals surface area contributed by atoms with E-state index in [0.29, 0.717) is 5.02 Å². The lowest BCUT2D eigenvalue weighted by molar-refractivity contribution is -0.141. The monoisotopic (exact) mass is 324 g/mol. The Morgan fingerprint density at radius 1 is 1.45 bits per heavy atom. The number of esters is 1. The normalized spacial score (nSPS) is 12.6. The third-order valence-corrected chi connectivity index (χ3v) is 3.81. The van der Waals surface area contributed by atoms with Crippen LogP contribution in [0.4, 0.5) is 0 Å². The first kappa shape index (κ1) is 16.3. The molecule has 6 nitrogen and oxygen atoms in total. The molecule has 0 saturated heterocycles. The third kappa shape index (κ3) is 3.06. The molecule has 0 bridgehead atoms. The second kappa shape index (κ2) is 6.36. The highest BCUT2D eigenvalue weighted by Crippen LogP contribution is 2.31. The molecule has 1 atom stereocenters. The maximum atomic E-state index is 12.7. The minimum absolute atomic E-state index is 0.00865. The fourth-order valence-electron chi connectivity index (χ4n) is 2.37. The van der Waals surface area contributed by atoms with E-state index < -0.39 is 17.4 Å². The number of rotatable bonds is 4. The third-order valence-electron chi connectivity index (χ3n) is 3.59. The zero-order valence-electron chi connectivity index (χ0n) is 12.5. The number of carbonyl (C=O) groups excluding carboxylic acids is 1. The largest absolute Gasteiger partial charge is 0.493 e. The van der Waals surface area contributed by atoms with Crippen LogP contribution in [0.5, 0.6) is 5.88 Å². The van der Waals surface area contributed by atoms with Crippen LogP contribution in [0.2, 0.25) is 5.02 Å². The molecule has 0 aliphatic heterocycles. The maximum Gasteiger partial charge on any atom is 0.306 e. The van der Waals surface area contributed by atoms with Crippen molar-refractivity contribution in [2.75, 3.05) is 7.11 Å². The van der Waals surface area contributed by atoms with Crippen molar-refractivity contribution >= 4 is 23.2 Å². The number of carbonyl (C=O) groups is 1. The summed E-state index contributed by atoms with van der Waals surface area (Å²) < 4.78 is 5.94. The van der Waals surface area contributed by atoms with Gasteiger partial charge in [-0.3, -0.25) is 14.0 Å². The Balaban J connectivity index is 2.66. The lowest BCUT2D eigenvalue weighted by Crippen LogP contribution is -2.26. The number of nitrogens with zero attached hydrogens (tertiary/aromatic N) is 2. The molecule has 0 radical (unpaired) electrons. The molecule has 0 aliphatic carbocycles. The van der Waals surface area contributed by atoms with Crippen molar-refractivity contribution in [2.24, 2.45) is 5.92 Å². The number of hydrogen-bond donors (Lipinski definition) is 1. The van der Waals surface area contributed by atoms with Crippen molar-refractivity contribution in [1.82, 2.24) is 9.38 Å². The Bertz CT molecular complexity index is 770. The molecule has 1 N–H and O–H groups in total. The summed E-state index contributed by atoms with van der Waals surface area (Å²) in [5.74, 6) is -1.37. The quantitative estimate of drug-likeness (QED) is 0.873. The summed E-state index contributed by atoms with van der Waals surface area (Å²) in [5, 5.41) is 10.5. The van der Waals surface area contributed by atoms with E-state index in [1.807, 2.05) is 13.8 Å². The number of fused-ring (bicyclic) bond motifs is 1. The number of halogens is 1. The minimum Gasteiger partial charge on any atom is -0.493 e. The van der Waals surface area contributed by atoms with E-state index in [1.165, 1.54) is 23.8 Å². The predicted octanol–water partition coefficient (Wildman–Crippen LogP) is 2.36. The second-order valence-electron chi connectivity index (χ2n) is 5.36. The molecular formula is C15H17ClN2O4. The highest BCUT2D eigenvalue weighted by Gasteiger charge is 2.27. The van der Waals surface area contributed by atoms with Gasteiger partial charge in [0.1, 0.15) is 5.65 Å². The van der Waals surface area contributed by atoms with Gasteiger partial charge in [-0.15, -0.1) is 0 Å². The SMILES string of the molecule is COC(=O)C[C@@H](c1c(O)nc2ccc(Cl)cn2c1=O)C(C)C. The standard InChI is InChI=1S/C15H17ClN2O4/c1-8(2)10(6-12(19)22-3)13-14(20)17-11-5-4-9(16)7-18(11)15(13)21/h4-5,7-8,10,20H,6H2,1-3H3/t10-/m1/s1. The van der Waals surface area contributed by atoms with Crippen LogP contribution in [-0.4, -0.2) is 27.6 Å². The summed E-state index contributed by atoms with van der Waals surface area (Å²) in [4.78, 5) is 28.3. The Morgan fingerprint density at radius 3 is 2.73 bits per heavy atom. The Hall–Kier alpha value is -2.08. The smallest absolute Gasteiger partial charge is 0.306 e. The van der Waals surface area contributed by atoms with E-state index in [-0.39, 0.29) is 29.4 Å². The van der Waals surface area contributed by atoms with Gasteiger partial charge in [0.25, 0.3) is 5.56 Å². The molecule has 2 aromatic rings. The summed E-state index contributed by atoms with van der Waals surface area (Å²) >= 11 is 5.91. The van der Waals surface area contributed by atoms with Gasteiger partial charge in [-0.05, 0) is 18.1 Å². The van der Waals surface area contributed by atoms with Crippen molar-refractivity contribution in [2.45, 2.75) is 26.2 Å². The van der Waals surface area contributed by atoms with Gasteiger partial charge >= 0.3 is 5.97 Å². The molecule has 7 heteroatoms. The van der Waals surface area contributed by atoms with Crippen molar-refractivity contribution in [3.8, 4) is 5.88 Å². The van der Waals surface area contributed by atoms with Crippen LogP contribution in [0.1, 0.15) is 31.7 Å². The highest BCUT2D eigenvalue weighted by molar-refractivity contribution is 6.30. The van der Waals surface area contributed by atoms with Crippen LogP contribution in [-0.2, 0) is 9.53 Å². The van der Waals surface area contributed by atoms with Gasteiger partial charge in [-0.1, -0.05) is 25.4 Å². The van der Waals surface area contributed by atoms with Crippen molar-refractivity contribution in [3.05, 3.63) is 39.3 Å². The van der Waals surface area contributed by atoms with Crippen molar-refractivity contribution < 1.29 is 14.6 Å². The van der Waals surface area contributed by atoms with Gasteiger partial charge in [-0.2, -0.15) is 4.98 Å². The maximum absolute atomic E-state index is 12.7. The molecule has 0 aliphatic rings. The van der Waals surface area contributed by atoms with E-state index in [4.69, 9.17) is 11.6 Å². The number of hydrogen-bond acceptors (Lipinski definition) is 5. The molecule has 118 valence electrons. The predicted molar refractivity (Wildman–Crippen MR) is 82.3 cm³/mol. The first-order chi connectivity index (χ1) is 10.3. The molecule has 0 unspecified atom stereocenters. The molecule has 0 saturated carbocycles. The number of ether oxygens (including phenoxy) is 1. The summed E-state index contributed by atoms with van der Waals surface area (Å²) in [7, 11) is 1.28. The highest BCUT2D eigenvalue weighted by atomic mass is 35.5. The van der Waals surface area contributed by atoms with Gasteiger partial charge in [0.05, 0.1) is 24.1 Å². The van der Waals surface area contributed by atoms with Crippen molar-refractivity contribution in [1.29, 1.82) is 0 Å². The van der Waals surface area contributed by atoms with E-state index in [1.54, 1.807) is 6.07 Å². The van der Waals surface area contributed by atoms with Gasteiger partial charge in [0.2, 0.25) is 5.88 Å². The van der Waals surface area contributed by atoms with Gasteiger partial charge in [0.15, 0.2) is 0 Å².